The van der Waals surface area contributed by atoms with E-state index in [0.717, 1.165) is 11.1 Å². The summed E-state index contributed by atoms with van der Waals surface area (Å²) >= 11 is 1.76. The number of rotatable bonds is 2. The SMILES string of the molecule is FC(F)(F)c1ccc(-c2ccc(C3CCCCC3)cc2)cc1I. The Balaban J connectivity index is 1.83. The summed E-state index contributed by atoms with van der Waals surface area (Å²) in [5.41, 5.74) is 2.59. The van der Waals surface area contributed by atoms with Crippen molar-refractivity contribution in [1.82, 2.24) is 0 Å². The minimum Gasteiger partial charge on any atom is -0.166 e. The molecule has 4 heteroatoms. The number of hydrogen-bond donors (Lipinski definition) is 0. The fraction of sp³-hybridized carbons (Fsp3) is 0.368. The molecule has 0 aromatic heterocycles. The van der Waals surface area contributed by atoms with Gasteiger partial charge < -0.3 is 0 Å². The van der Waals surface area contributed by atoms with Gasteiger partial charge in [0.2, 0.25) is 0 Å². The predicted octanol–water partition coefficient (Wildman–Crippen LogP) is 7.02. The van der Waals surface area contributed by atoms with Crippen molar-refractivity contribution in [3.63, 3.8) is 0 Å². The molecule has 1 saturated carbocycles. The first-order valence-electron chi connectivity index (χ1n) is 7.92. The lowest BCUT2D eigenvalue weighted by atomic mass is 9.84. The minimum absolute atomic E-state index is 0.240. The first-order chi connectivity index (χ1) is 10.9. The van der Waals surface area contributed by atoms with Crippen LogP contribution in [0.5, 0.6) is 0 Å². The summed E-state index contributed by atoms with van der Waals surface area (Å²) < 4.78 is 38.8. The Kier molecular flexibility index (Phi) is 4.99. The summed E-state index contributed by atoms with van der Waals surface area (Å²) in [6, 6.07) is 12.7. The van der Waals surface area contributed by atoms with Gasteiger partial charge >= 0.3 is 6.18 Å². The van der Waals surface area contributed by atoms with E-state index in [2.05, 4.69) is 12.1 Å². The molecule has 3 rings (SSSR count). The van der Waals surface area contributed by atoms with Gasteiger partial charge in [-0.05, 0) is 70.2 Å². The molecular weight excluding hydrogens is 412 g/mol. The largest absolute Gasteiger partial charge is 0.417 e. The Morgan fingerprint density at radius 1 is 0.826 bits per heavy atom. The van der Waals surface area contributed by atoms with E-state index in [4.69, 9.17) is 0 Å². The summed E-state index contributed by atoms with van der Waals surface area (Å²) in [7, 11) is 0. The van der Waals surface area contributed by atoms with Crippen molar-refractivity contribution < 1.29 is 13.2 Å². The maximum absolute atomic E-state index is 12.8. The zero-order valence-corrected chi connectivity index (χ0v) is 14.8. The van der Waals surface area contributed by atoms with Crippen LogP contribution in [0, 0.1) is 3.57 Å². The molecule has 0 spiro atoms. The molecule has 1 aliphatic rings. The van der Waals surface area contributed by atoms with Crippen molar-refractivity contribution in [2.45, 2.75) is 44.2 Å². The molecular formula is C19H18F3I. The fourth-order valence-corrected chi connectivity index (χ4v) is 4.13. The molecule has 0 amide bonds. The third-order valence-corrected chi connectivity index (χ3v) is 5.49. The van der Waals surface area contributed by atoms with Crippen LogP contribution in [0.25, 0.3) is 11.1 Å². The van der Waals surface area contributed by atoms with Gasteiger partial charge in [-0.25, -0.2) is 0 Å². The average Bonchev–Trinajstić information content (AvgIpc) is 2.54. The van der Waals surface area contributed by atoms with Crippen LogP contribution in [0.2, 0.25) is 0 Å². The Morgan fingerprint density at radius 2 is 1.43 bits per heavy atom. The summed E-state index contributed by atoms with van der Waals surface area (Å²) in [6.07, 6.45) is 2.13. The predicted molar refractivity (Wildman–Crippen MR) is 95.4 cm³/mol. The Morgan fingerprint density at radius 3 is 2.00 bits per heavy atom. The lowest BCUT2D eigenvalue weighted by Gasteiger charge is -2.22. The standard InChI is InChI=1S/C19H18F3I/c20-19(21,22)17-11-10-16(12-18(17)23)15-8-6-14(7-9-15)13-4-2-1-3-5-13/h6-13H,1-5H2. The molecule has 0 radical (unpaired) electrons. The van der Waals surface area contributed by atoms with Gasteiger partial charge in [0.1, 0.15) is 0 Å². The van der Waals surface area contributed by atoms with Crippen molar-refractivity contribution in [2.24, 2.45) is 0 Å². The van der Waals surface area contributed by atoms with Gasteiger partial charge in [-0.3, -0.25) is 0 Å². The Bertz CT molecular complexity index is 668. The quantitative estimate of drug-likeness (QED) is 0.449. The summed E-state index contributed by atoms with van der Waals surface area (Å²) in [5.74, 6) is 0.644. The van der Waals surface area contributed by atoms with Crippen LogP contribution >= 0.6 is 22.6 Å². The van der Waals surface area contributed by atoms with Gasteiger partial charge in [0.25, 0.3) is 0 Å². The summed E-state index contributed by atoms with van der Waals surface area (Å²) in [6.45, 7) is 0. The third-order valence-electron chi connectivity index (χ3n) is 4.60. The van der Waals surface area contributed by atoms with E-state index < -0.39 is 11.7 Å². The van der Waals surface area contributed by atoms with Crippen molar-refractivity contribution in [2.75, 3.05) is 0 Å². The van der Waals surface area contributed by atoms with E-state index in [9.17, 15) is 13.2 Å². The number of halogens is 4. The van der Waals surface area contributed by atoms with Crippen LogP contribution in [-0.4, -0.2) is 0 Å². The Hall–Kier alpha value is -1.04. The zero-order chi connectivity index (χ0) is 16.4. The van der Waals surface area contributed by atoms with Gasteiger partial charge in [-0.15, -0.1) is 0 Å². The highest BCUT2D eigenvalue weighted by Crippen LogP contribution is 2.36. The first kappa shape index (κ1) is 16.8. The second kappa shape index (κ2) is 6.83. The fourth-order valence-electron chi connectivity index (χ4n) is 3.31. The van der Waals surface area contributed by atoms with Gasteiger partial charge in [-0.2, -0.15) is 13.2 Å². The highest BCUT2D eigenvalue weighted by atomic mass is 127. The van der Waals surface area contributed by atoms with Crippen LogP contribution < -0.4 is 0 Å². The second-order valence-electron chi connectivity index (χ2n) is 6.15. The molecule has 1 fully saturated rings. The van der Waals surface area contributed by atoms with E-state index in [0.29, 0.717) is 5.92 Å². The molecule has 2 aromatic rings. The van der Waals surface area contributed by atoms with E-state index in [1.165, 1.54) is 43.7 Å². The highest BCUT2D eigenvalue weighted by molar-refractivity contribution is 14.1. The molecule has 1 aliphatic carbocycles. The monoisotopic (exact) mass is 430 g/mol. The van der Waals surface area contributed by atoms with Crippen molar-refractivity contribution in [3.8, 4) is 11.1 Å². The van der Waals surface area contributed by atoms with Gasteiger partial charge in [0.05, 0.1) is 5.56 Å². The highest BCUT2D eigenvalue weighted by Gasteiger charge is 2.32. The molecule has 0 unspecified atom stereocenters. The molecule has 0 saturated heterocycles. The molecule has 0 heterocycles. The molecule has 0 nitrogen and oxygen atoms in total. The lowest BCUT2D eigenvalue weighted by molar-refractivity contribution is -0.138. The van der Waals surface area contributed by atoms with Gasteiger partial charge in [0.15, 0.2) is 0 Å². The molecule has 23 heavy (non-hydrogen) atoms. The van der Waals surface area contributed by atoms with Crippen molar-refractivity contribution in [1.29, 1.82) is 0 Å². The summed E-state index contributed by atoms with van der Waals surface area (Å²) in [5, 5.41) is 0. The van der Waals surface area contributed by atoms with Crippen LogP contribution in [0.1, 0.15) is 49.1 Å². The van der Waals surface area contributed by atoms with Crippen LogP contribution in [-0.2, 0) is 6.18 Å². The van der Waals surface area contributed by atoms with Gasteiger partial charge in [-0.1, -0.05) is 49.6 Å². The van der Waals surface area contributed by atoms with Crippen LogP contribution in [0.15, 0.2) is 42.5 Å². The van der Waals surface area contributed by atoms with E-state index in [-0.39, 0.29) is 3.57 Å². The molecule has 2 aromatic carbocycles. The van der Waals surface area contributed by atoms with E-state index in [1.54, 1.807) is 34.7 Å². The number of alkyl halides is 3. The van der Waals surface area contributed by atoms with E-state index in [1.807, 2.05) is 12.1 Å². The molecule has 0 N–H and O–H groups in total. The average molecular weight is 430 g/mol. The number of hydrogen-bond acceptors (Lipinski definition) is 0. The normalized spacial score (nSPS) is 16.5. The van der Waals surface area contributed by atoms with Crippen LogP contribution in [0.4, 0.5) is 13.2 Å². The molecule has 0 bridgehead atoms. The van der Waals surface area contributed by atoms with E-state index >= 15 is 0 Å². The Labute approximate surface area is 148 Å². The minimum atomic E-state index is -4.29. The zero-order valence-electron chi connectivity index (χ0n) is 12.7. The second-order valence-corrected chi connectivity index (χ2v) is 7.31. The third kappa shape index (κ3) is 3.90. The topological polar surface area (TPSA) is 0 Å². The van der Waals surface area contributed by atoms with Crippen molar-refractivity contribution in [3.05, 3.63) is 57.2 Å². The van der Waals surface area contributed by atoms with Crippen molar-refractivity contribution >= 4 is 22.6 Å². The summed E-state index contributed by atoms with van der Waals surface area (Å²) in [4.78, 5) is 0. The van der Waals surface area contributed by atoms with Crippen LogP contribution in [0.3, 0.4) is 0 Å². The first-order valence-corrected chi connectivity index (χ1v) is 9.00. The molecule has 122 valence electrons. The smallest absolute Gasteiger partial charge is 0.166 e. The maximum atomic E-state index is 12.8. The maximum Gasteiger partial charge on any atom is 0.417 e. The molecule has 0 aliphatic heterocycles. The lowest BCUT2D eigenvalue weighted by Crippen LogP contribution is -2.07. The molecule has 0 atom stereocenters. The van der Waals surface area contributed by atoms with Gasteiger partial charge in [0, 0.05) is 3.57 Å². The number of benzene rings is 2.